The van der Waals surface area contributed by atoms with E-state index in [1.165, 1.54) is 0 Å². The van der Waals surface area contributed by atoms with Crippen molar-refractivity contribution in [1.82, 2.24) is 4.90 Å². The first-order valence-electron chi connectivity index (χ1n) is 10.2. The van der Waals surface area contributed by atoms with Crippen molar-refractivity contribution in [1.29, 1.82) is 0 Å². The standard InChI is InChI=1S/C25H25NO4S/c1-17-14-21(31-16-17)22-20(15-29-24(28)19-12-8-5-9-13-19)26(25(2,3)30-22)23(27)18-10-6-4-7-11-18/h4-14,16,20,22H,15H2,1-3H3/t20-,22-/m0/s1. The van der Waals surface area contributed by atoms with E-state index in [4.69, 9.17) is 9.47 Å². The fourth-order valence-electron chi connectivity index (χ4n) is 3.93. The molecule has 1 amide bonds. The van der Waals surface area contributed by atoms with E-state index in [0.717, 1.165) is 10.4 Å². The number of rotatable bonds is 5. The molecular formula is C25H25NO4S. The molecule has 6 heteroatoms. The van der Waals surface area contributed by atoms with Crippen LogP contribution in [0.4, 0.5) is 0 Å². The maximum absolute atomic E-state index is 13.5. The molecule has 0 saturated carbocycles. The first kappa shape index (κ1) is 21.3. The number of aryl methyl sites for hydroxylation is 1. The van der Waals surface area contributed by atoms with E-state index in [-0.39, 0.29) is 18.6 Å². The van der Waals surface area contributed by atoms with Gasteiger partial charge in [-0.2, -0.15) is 0 Å². The number of amides is 1. The lowest BCUT2D eigenvalue weighted by Crippen LogP contribution is -2.49. The van der Waals surface area contributed by atoms with Crippen molar-refractivity contribution in [3.05, 3.63) is 93.7 Å². The second-order valence-corrected chi connectivity index (χ2v) is 9.03. The maximum Gasteiger partial charge on any atom is 0.338 e. The number of esters is 1. The van der Waals surface area contributed by atoms with Gasteiger partial charge in [-0.05, 0) is 62.0 Å². The highest BCUT2D eigenvalue weighted by atomic mass is 32.1. The quantitative estimate of drug-likeness (QED) is 0.515. The minimum atomic E-state index is -0.862. The fourth-order valence-corrected chi connectivity index (χ4v) is 4.91. The Balaban J connectivity index is 1.65. The van der Waals surface area contributed by atoms with Crippen molar-refractivity contribution in [2.24, 2.45) is 0 Å². The first-order chi connectivity index (χ1) is 14.9. The molecule has 1 saturated heterocycles. The maximum atomic E-state index is 13.5. The Morgan fingerprint density at radius 1 is 1.03 bits per heavy atom. The third kappa shape index (κ3) is 4.40. The molecule has 0 unspecified atom stereocenters. The molecule has 4 rings (SSSR count). The van der Waals surface area contributed by atoms with Crippen LogP contribution in [0, 0.1) is 6.92 Å². The van der Waals surface area contributed by atoms with E-state index in [9.17, 15) is 9.59 Å². The normalized spacial score (nSPS) is 19.9. The van der Waals surface area contributed by atoms with Crippen molar-refractivity contribution in [3.8, 4) is 0 Å². The van der Waals surface area contributed by atoms with Crippen LogP contribution in [0.25, 0.3) is 0 Å². The molecule has 1 fully saturated rings. The van der Waals surface area contributed by atoms with Crippen molar-refractivity contribution in [2.75, 3.05) is 6.61 Å². The number of hydrogen-bond donors (Lipinski definition) is 0. The van der Waals surface area contributed by atoms with Gasteiger partial charge in [0.1, 0.15) is 24.5 Å². The summed E-state index contributed by atoms with van der Waals surface area (Å²) >= 11 is 1.59. The fraction of sp³-hybridized carbons (Fsp3) is 0.280. The topological polar surface area (TPSA) is 55.8 Å². The van der Waals surface area contributed by atoms with E-state index in [1.807, 2.05) is 45.0 Å². The molecule has 0 bridgehead atoms. The van der Waals surface area contributed by atoms with E-state index in [1.54, 1.807) is 52.6 Å². The van der Waals surface area contributed by atoms with Gasteiger partial charge in [0, 0.05) is 10.4 Å². The number of nitrogens with zero attached hydrogens (tertiary/aromatic N) is 1. The molecule has 3 aromatic rings. The summed E-state index contributed by atoms with van der Waals surface area (Å²) in [6.07, 6.45) is -0.384. The summed E-state index contributed by atoms with van der Waals surface area (Å²) in [7, 11) is 0. The molecule has 1 aliphatic rings. The average Bonchev–Trinajstić information content (AvgIpc) is 3.32. The van der Waals surface area contributed by atoms with Crippen molar-refractivity contribution >= 4 is 23.2 Å². The highest BCUT2D eigenvalue weighted by molar-refractivity contribution is 7.10. The molecule has 5 nitrogen and oxygen atoms in total. The zero-order valence-corrected chi connectivity index (χ0v) is 18.6. The molecule has 2 aromatic carbocycles. The van der Waals surface area contributed by atoms with Crippen molar-refractivity contribution in [2.45, 2.75) is 38.6 Å². The van der Waals surface area contributed by atoms with Crippen molar-refractivity contribution in [3.63, 3.8) is 0 Å². The summed E-state index contributed by atoms with van der Waals surface area (Å²) < 4.78 is 12.1. The van der Waals surface area contributed by atoms with Crippen LogP contribution in [-0.4, -0.2) is 35.2 Å². The van der Waals surface area contributed by atoms with Gasteiger partial charge in [0.2, 0.25) is 0 Å². The van der Waals surface area contributed by atoms with E-state index in [2.05, 4.69) is 11.4 Å². The van der Waals surface area contributed by atoms with E-state index < -0.39 is 17.7 Å². The molecule has 0 aliphatic carbocycles. The second-order valence-electron chi connectivity index (χ2n) is 8.08. The molecule has 2 atom stereocenters. The minimum Gasteiger partial charge on any atom is -0.460 e. The SMILES string of the molecule is Cc1csc([C@H]2OC(C)(C)N(C(=O)c3ccccc3)[C@H]2COC(=O)c2ccccc2)c1. The number of benzene rings is 2. The van der Waals surface area contributed by atoms with Gasteiger partial charge in [-0.15, -0.1) is 11.3 Å². The second kappa shape index (κ2) is 8.65. The zero-order valence-electron chi connectivity index (χ0n) is 17.8. The van der Waals surface area contributed by atoms with Crippen LogP contribution in [0.2, 0.25) is 0 Å². The molecular weight excluding hydrogens is 410 g/mol. The van der Waals surface area contributed by atoms with Crippen LogP contribution in [0.1, 0.15) is 51.1 Å². The Morgan fingerprint density at radius 2 is 1.65 bits per heavy atom. The largest absolute Gasteiger partial charge is 0.460 e. The predicted molar refractivity (Wildman–Crippen MR) is 120 cm³/mol. The highest BCUT2D eigenvalue weighted by Crippen LogP contribution is 2.43. The van der Waals surface area contributed by atoms with Crippen LogP contribution in [0.5, 0.6) is 0 Å². The average molecular weight is 436 g/mol. The molecule has 1 aliphatic heterocycles. The summed E-state index contributed by atoms with van der Waals surface area (Å²) in [5, 5.41) is 2.06. The van der Waals surface area contributed by atoms with Gasteiger partial charge in [0.15, 0.2) is 0 Å². The lowest BCUT2D eigenvalue weighted by atomic mass is 10.1. The molecule has 2 heterocycles. The van der Waals surface area contributed by atoms with Crippen LogP contribution in [0.3, 0.4) is 0 Å². The van der Waals surface area contributed by atoms with Crippen LogP contribution < -0.4 is 0 Å². The number of hydrogen-bond acceptors (Lipinski definition) is 5. The Hall–Kier alpha value is -2.96. The summed E-state index contributed by atoms with van der Waals surface area (Å²) in [6, 6.07) is 19.6. The van der Waals surface area contributed by atoms with Crippen LogP contribution >= 0.6 is 11.3 Å². The van der Waals surface area contributed by atoms with Crippen LogP contribution in [-0.2, 0) is 9.47 Å². The smallest absolute Gasteiger partial charge is 0.338 e. The Labute approximate surface area is 186 Å². The monoisotopic (exact) mass is 435 g/mol. The van der Waals surface area contributed by atoms with Gasteiger partial charge in [0.05, 0.1) is 5.56 Å². The third-order valence-corrected chi connectivity index (χ3v) is 6.45. The van der Waals surface area contributed by atoms with E-state index in [0.29, 0.717) is 11.1 Å². The van der Waals surface area contributed by atoms with Gasteiger partial charge >= 0.3 is 5.97 Å². The predicted octanol–water partition coefficient (Wildman–Crippen LogP) is 5.23. The molecule has 0 spiro atoms. The molecule has 160 valence electrons. The lowest BCUT2D eigenvalue weighted by molar-refractivity contribution is -0.0647. The molecule has 1 aromatic heterocycles. The Kier molecular flexibility index (Phi) is 5.94. The number of ether oxygens (including phenoxy) is 2. The molecule has 0 N–H and O–H groups in total. The zero-order chi connectivity index (χ0) is 22.0. The highest BCUT2D eigenvalue weighted by Gasteiger charge is 2.51. The molecule has 31 heavy (non-hydrogen) atoms. The van der Waals surface area contributed by atoms with Gasteiger partial charge in [-0.25, -0.2) is 4.79 Å². The van der Waals surface area contributed by atoms with Gasteiger partial charge < -0.3 is 14.4 Å². The van der Waals surface area contributed by atoms with Gasteiger partial charge in [-0.3, -0.25) is 4.79 Å². The minimum absolute atomic E-state index is 0.0390. The molecule has 0 radical (unpaired) electrons. The summed E-state index contributed by atoms with van der Waals surface area (Å²) in [6.45, 7) is 5.81. The van der Waals surface area contributed by atoms with Crippen molar-refractivity contribution < 1.29 is 19.1 Å². The summed E-state index contributed by atoms with van der Waals surface area (Å²) in [4.78, 5) is 28.8. The number of carbonyl (C=O) groups excluding carboxylic acids is 2. The van der Waals surface area contributed by atoms with E-state index >= 15 is 0 Å². The Bertz CT molecular complexity index is 1060. The summed E-state index contributed by atoms with van der Waals surface area (Å²) in [5.41, 5.74) is 1.32. The van der Waals surface area contributed by atoms with Gasteiger partial charge in [-0.1, -0.05) is 36.4 Å². The van der Waals surface area contributed by atoms with Gasteiger partial charge in [0.25, 0.3) is 5.91 Å². The Morgan fingerprint density at radius 3 is 2.23 bits per heavy atom. The third-order valence-electron chi connectivity index (χ3n) is 5.34. The lowest BCUT2D eigenvalue weighted by Gasteiger charge is -2.33. The number of thiophene rings is 1. The first-order valence-corrected chi connectivity index (χ1v) is 11.1. The van der Waals surface area contributed by atoms with Crippen LogP contribution in [0.15, 0.2) is 72.1 Å². The number of carbonyl (C=O) groups is 2. The summed E-state index contributed by atoms with van der Waals surface area (Å²) in [5.74, 6) is -0.569.